The molecule has 166 valence electrons. The van der Waals surface area contributed by atoms with Gasteiger partial charge in [0.2, 0.25) is 0 Å². The molecule has 0 saturated carbocycles. The van der Waals surface area contributed by atoms with Gasteiger partial charge >= 0.3 is 6.03 Å². The number of methoxy groups -OCH3 is 1. The van der Waals surface area contributed by atoms with Crippen molar-refractivity contribution in [2.24, 2.45) is 0 Å². The Kier molecular flexibility index (Phi) is 6.82. The molecule has 2 heterocycles. The monoisotopic (exact) mass is 452 g/mol. The summed E-state index contributed by atoms with van der Waals surface area (Å²) in [6, 6.07) is 13.9. The highest BCUT2D eigenvalue weighted by Crippen LogP contribution is 2.24. The average Bonchev–Trinajstić information content (AvgIpc) is 3.37. The minimum atomic E-state index is -0.268. The van der Waals surface area contributed by atoms with E-state index < -0.39 is 0 Å². The van der Waals surface area contributed by atoms with Gasteiger partial charge in [0, 0.05) is 55.1 Å². The van der Waals surface area contributed by atoms with E-state index in [9.17, 15) is 9.18 Å². The van der Waals surface area contributed by atoms with Crippen molar-refractivity contribution in [3.8, 4) is 11.3 Å². The first-order valence-corrected chi connectivity index (χ1v) is 11.2. The smallest absolute Gasteiger partial charge is 0.321 e. The fourth-order valence-electron chi connectivity index (χ4n) is 3.37. The second-order valence-electron chi connectivity index (χ2n) is 7.54. The van der Waals surface area contributed by atoms with Crippen LogP contribution in [-0.2, 0) is 11.2 Å². The summed E-state index contributed by atoms with van der Waals surface area (Å²) >= 11 is 1.55. The van der Waals surface area contributed by atoms with Gasteiger partial charge in [0.05, 0.1) is 12.3 Å². The van der Waals surface area contributed by atoms with Crippen LogP contribution in [-0.4, -0.2) is 47.1 Å². The zero-order chi connectivity index (χ0) is 22.5. The number of anilines is 1. The summed E-state index contributed by atoms with van der Waals surface area (Å²) in [5.74, 6) is -0.268. The summed E-state index contributed by atoms with van der Waals surface area (Å²) < 4.78 is 20.5. The fourth-order valence-corrected chi connectivity index (χ4v) is 4.28. The number of ether oxygens (including phenoxy) is 1. The molecule has 0 atom stereocenters. The molecule has 8 heteroatoms. The molecule has 4 rings (SSSR count). The number of rotatable bonds is 8. The van der Waals surface area contributed by atoms with Gasteiger partial charge in [0.25, 0.3) is 0 Å². The van der Waals surface area contributed by atoms with E-state index in [1.165, 1.54) is 12.1 Å². The van der Waals surface area contributed by atoms with Crippen LogP contribution in [0.3, 0.4) is 0 Å². The molecule has 6 nitrogen and oxygen atoms in total. The highest BCUT2D eigenvalue weighted by Gasteiger charge is 2.16. The van der Waals surface area contributed by atoms with E-state index in [1.807, 2.05) is 41.8 Å². The maximum Gasteiger partial charge on any atom is 0.321 e. The number of nitrogens with zero attached hydrogens (tertiary/aromatic N) is 3. The van der Waals surface area contributed by atoms with E-state index >= 15 is 0 Å². The lowest BCUT2D eigenvalue weighted by Crippen LogP contribution is -2.38. The molecule has 0 unspecified atom stereocenters. The lowest BCUT2D eigenvalue weighted by atomic mass is 10.2. The molecule has 0 radical (unpaired) electrons. The minimum absolute atomic E-state index is 0.157. The van der Waals surface area contributed by atoms with Gasteiger partial charge < -0.3 is 15.0 Å². The third-order valence-corrected chi connectivity index (χ3v) is 6.11. The molecular weight excluding hydrogens is 427 g/mol. The van der Waals surface area contributed by atoms with Gasteiger partial charge in [0.1, 0.15) is 5.82 Å². The number of imidazole rings is 1. The van der Waals surface area contributed by atoms with Crippen molar-refractivity contribution >= 4 is 28.0 Å². The Morgan fingerprint density at radius 1 is 1.16 bits per heavy atom. The number of amides is 2. The number of aryl methyl sites for hydroxylation is 1. The average molecular weight is 453 g/mol. The molecule has 1 N–H and O–H groups in total. The van der Waals surface area contributed by atoms with Crippen molar-refractivity contribution in [3.63, 3.8) is 0 Å². The quantitative estimate of drug-likeness (QED) is 0.398. The van der Waals surface area contributed by atoms with E-state index in [4.69, 9.17) is 4.74 Å². The normalized spacial score (nSPS) is 11.1. The van der Waals surface area contributed by atoms with Gasteiger partial charge in [-0.1, -0.05) is 17.7 Å². The van der Waals surface area contributed by atoms with Crippen LogP contribution in [0, 0.1) is 12.7 Å². The molecule has 0 fully saturated rings. The number of benzene rings is 2. The van der Waals surface area contributed by atoms with Crippen molar-refractivity contribution < 1.29 is 13.9 Å². The van der Waals surface area contributed by atoms with Gasteiger partial charge in [-0.2, -0.15) is 0 Å². The fraction of sp³-hybridized carbons (Fsp3) is 0.250. The van der Waals surface area contributed by atoms with Gasteiger partial charge in [-0.05, 0) is 43.3 Å². The number of aromatic nitrogens is 2. The van der Waals surface area contributed by atoms with Gasteiger partial charge in [-0.25, -0.2) is 14.2 Å². The van der Waals surface area contributed by atoms with E-state index in [0.717, 1.165) is 33.2 Å². The Balaban J connectivity index is 1.46. The first kappa shape index (κ1) is 22.0. The Morgan fingerprint density at radius 3 is 2.62 bits per heavy atom. The summed E-state index contributed by atoms with van der Waals surface area (Å²) in [6.45, 7) is 3.50. The molecule has 2 aromatic carbocycles. The Labute approximate surface area is 190 Å². The first-order valence-electron chi connectivity index (χ1n) is 10.4. The number of urea groups is 1. The summed E-state index contributed by atoms with van der Waals surface area (Å²) in [5, 5.41) is 5.02. The highest BCUT2D eigenvalue weighted by atomic mass is 32.1. The number of hydrogen-bond acceptors (Lipinski definition) is 4. The largest absolute Gasteiger partial charge is 0.383 e. The standard InChI is InChI=1S/C24H25FN4O2S/c1-17-3-9-20(10-4-17)26-23(30)28(13-14-31-2)12-11-21-16-32-24-27-22(15-29(21)24)18-5-7-19(25)8-6-18/h3-10,15-16H,11-14H2,1-2H3,(H,26,30). The topological polar surface area (TPSA) is 58.9 Å². The zero-order valence-corrected chi connectivity index (χ0v) is 18.9. The Hall–Kier alpha value is -3.23. The number of fused-ring (bicyclic) bond motifs is 1. The van der Waals surface area contributed by atoms with Crippen LogP contribution in [0.25, 0.3) is 16.2 Å². The molecule has 0 aliphatic rings. The van der Waals surface area contributed by atoms with Crippen LogP contribution in [0.5, 0.6) is 0 Å². The Bertz CT molecular complexity index is 1190. The van der Waals surface area contributed by atoms with Gasteiger partial charge in [0.15, 0.2) is 4.96 Å². The SMILES string of the molecule is COCCN(CCc1csc2nc(-c3ccc(F)cc3)cn12)C(=O)Nc1ccc(C)cc1. The summed E-state index contributed by atoms with van der Waals surface area (Å²) in [7, 11) is 1.63. The lowest BCUT2D eigenvalue weighted by molar-refractivity contribution is 0.155. The second kappa shape index (κ2) is 9.93. The van der Waals surface area contributed by atoms with Crippen LogP contribution in [0.2, 0.25) is 0 Å². The van der Waals surface area contributed by atoms with E-state index in [1.54, 1.807) is 35.5 Å². The summed E-state index contributed by atoms with van der Waals surface area (Å²) in [5.41, 5.74) is 4.64. The molecule has 2 aromatic heterocycles. The van der Waals surface area contributed by atoms with Crippen molar-refractivity contribution in [1.29, 1.82) is 0 Å². The number of hydrogen-bond donors (Lipinski definition) is 1. The molecule has 0 spiro atoms. The number of carbonyl (C=O) groups excluding carboxylic acids is 1. The molecule has 0 aliphatic carbocycles. The van der Waals surface area contributed by atoms with Crippen LogP contribution in [0.1, 0.15) is 11.3 Å². The Morgan fingerprint density at radius 2 is 1.91 bits per heavy atom. The summed E-state index contributed by atoms with van der Waals surface area (Å²) in [6.07, 6.45) is 2.63. The van der Waals surface area contributed by atoms with Crippen LogP contribution in [0.4, 0.5) is 14.9 Å². The molecule has 4 aromatic rings. The van der Waals surface area contributed by atoms with Crippen molar-refractivity contribution in [1.82, 2.24) is 14.3 Å². The van der Waals surface area contributed by atoms with Crippen molar-refractivity contribution in [2.45, 2.75) is 13.3 Å². The molecule has 32 heavy (non-hydrogen) atoms. The number of halogens is 1. The van der Waals surface area contributed by atoms with E-state index in [-0.39, 0.29) is 11.8 Å². The third kappa shape index (κ3) is 5.15. The zero-order valence-electron chi connectivity index (χ0n) is 18.0. The summed E-state index contributed by atoms with van der Waals surface area (Å²) in [4.78, 5) is 20.1. The first-order chi connectivity index (χ1) is 15.5. The number of nitrogens with one attached hydrogen (secondary N) is 1. The van der Waals surface area contributed by atoms with Gasteiger partial charge in [-0.15, -0.1) is 11.3 Å². The van der Waals surface area contributed by atoms with E-state index in [0.29, 0.717) is 26.1 Å². The number of thiazole rings is 1. The molecule has 2 amide bonds. The van der Waals surface area contributed by atoms with Crippen LogP contribution < -0.4 is 5.32 Å². The molecule has 0 bridgehead atoms. The predicted octanol–water partition coefficient (Wildman–Crippen LogP) is 5.23. The van der Waals surface area contributed by atoms with Gasteiger partial charge in [-0.3, -0.25) is 4.40 Å². The molecule has 0 aliphatic heterocycles. The molecular formula is C24H25FN4O2S. The molecule has 0 saturated heterocycles. The maximum absolute atomic E-state index is 13.2. The van der Waals surface area contributed by atoms with Crippen molar-refractivity contribution in [3.05, 3.63) is 77.2 Å². The van der Waals surface area contributed by atoms with Crippen LogP contribution >= 0.6 is 11.3 Å². The van der Waals surface area contributed by atoms with Crippen LogP contribution in [0.15, 0.2) is 60.1 Å². The van der Waals surface area contributed by atoms with E-state index in [2.05, 4.69) is 15.7 Å². The number of carbonyl (C=O) groups is 1. The maximum atomic E-state index is 13.2. The van der Waals surface area contributed by atoms with Crippen molar-refractivity contribution in [2.75, 3.05) is 32.1 Å². The third-order valence-electron chi connectivity index (χ3n) is 5.22. The minimum Gasteiger partial charge on any atom is -0.383 e. The predicted molar refractivity (Wildman–Crippen MR) is 126 cm³/mol. The lowest BCUT2D eigenvalue weighted by Gasteiger charge is -2.22. The second-order valence-corrected chi connectivity index (χ2v) is 8.38. The highest BCUT2D eigenvalue weighted by molar-refractivity contribution is 7.15.